The fourth-order valence-electron chi connectivity index (χ4n) is 2.45. The number of rotatable bonds is 1. The van der Waals surface area contributed by atoms with E-state index in [2.05, 4.69) is 28.5 Å². The van der Waals surface area contributed by atoms with Gasteiger partial charge in [0.25, 0.3) is 0 Å². The summed E-state index contributed by atoms with van der Waals surface area (Å²) in [5.41, 5.74) is 8.29. The number of hydrogen-bond donors (Lipinski definition) is 2. The SMILES string of the molecule is Cl.Nc1nc2c(C3CCNCC3)cccc2s1. The molecule has 0 atom stereocenters. The van der Waals surface area contributed by atoms with Crippen molar-refractivity contribution in [2.45, 2.75) is 18.8 Å². The van der Waals surface area contributed by atoms with E-state index in [1.54, 1.807) is 11.3 Å². The van der Waals surface area contributed by atoms with Gasteiger partial charge < -0.3 is 11.1 Å². The molecule has 1 fully saturated rings. The van der Waals surface area contributed by atoms with Crippen LogP contribution in [0.2, 0.25) is 0 Å². The Kier molecular flexibility index (Phi) is 3.86. The smallest absolute Gasteiger partial charge is 0.181 e. The average Bonchev–Trinajstić information content (AvgIpc) is 2.70. The number of fused-ring (bicyclic) bond motifs is 1. The van der Waals surface area contributed by atoms with Gasteiger partial charge in [-0.3, -0.25) is 0 Å². The third kappa shape index (κ3) is 2.39. The lowest BCUT2D eigenvalue weighted by atomic mass is 9.89. The molecule has 92 valence electrons. The summed E-state index contributed by atoms with van der Waals surface area (Å²) in [5, 5.41) is 4.07. The highest BCUT2D eigenvalue weighted by Crippen LogP contribution is 2.33. The second-order valence-electron chi connectivity index (χ2n) is 4.27. The van der Waals surface area contributed by atoms with Crippen molar-refractivity contribution in [1.82, 2.24) is 10.3 Å². The normalized spacial score (nSPS) is 16.9. The van der Waals surface area contributed by atoms with Gasteiger partial charge >= 0.3 is 0 Å². The Bertz CT molecular complexity index is 505. The molecule has 1 aromatic carbocycles. The van der Waals surface area contributed by atoms with E-state index in [1.807, 2.05) is 0 Å². The first-order valence-corrected chi connectivity index (χ1v) is 6.52. The van der Waals surface area contributed by atoms with Crippen LogP contribution in [0.5, 0.6) is 0 Å². The van der Waals surface area contributed by atoms with Crippen molar-refractivity contribution >= 4 is 39.1 Å². The summed E-state index contributed by atoms with van der Waals surface area (Å²) in [6.07, 6.45) is 2.41. The molecule has 3 nitrogen and oxygen atoms in total. The van der Waals surface area contributed by atoms with E-state index >= 15 is 0 Å². The fourth-order valence-corrected chi connectivity index (χ4v) is 3.22. The van der Waals surface area contributed by atoms with E-state index < -0.39 is 0 Å². The first kappa shape index (κ1) is 12.6. The predicted octanol–water partition coefficient (Wildman–Crippen LogP) is 2.77. The molecule has 1 aromatic heterocycles. The lowest BCUT2D eigenvalue weighted by Gasteiger charge is -2.23. The fraction of sp³-hybridized carbons (Fsp3) is 0.417. The average molecular weight is 270 g/mol. The van der Waals surface area contributed by atoms with Crippen molar-refractivity contribution in [2.24, 2.45) is 0 Å². The van der Waals surface area contributed by atoms with E-state index in [0.29, 0.717) is 11.0 Å². The third-order valence-corrected chi connectivity index (χ3v) is 4.10. The van der Waals surface area contributed by atoms with Crippen molar-refractivity contribution < 1.29 is 0 Å². The molecule has 0 saturated carbocycles. The number of thiazole rings is 1. The molecule has 1 aliphatic rings. The van der Waals surface area contributed by atoms with Crippen molar-refractivity contribution in [3.8, 4) is 0 Å². The first-order chi connectivity index (χ1) is 7.84. The minimum atomic E-state index is 0. The van der Waals surface area contributed by atoms with Gasteiger partial charge in [-0.2, -0.15) is 0 Å². The number of hydrogen-bond acceptors (Lipinski definition) is 4. The van der Waals surface area contributed by atoms with E-state index in [4.69, 9.17) is 5.73 Å². The molecule has 0 bridgehead atoms. The van der Waals surface area contributed by atoms with Gasteiger partial charge in [-0.1, -0.05) is 23.5 Å². The van der Waals surface area contributed by atoms with Gasteiger partial charge in [0.1, 0.15) is 0 Å². The van der Waals surface area contributed by atoms with Crippen LogP contribution >= 0.6 is 23.7 Å². The second kappa shape index (κ2) is 5.21. The van der Waals surface area contributed by atoms with Gasteiger partial charge in [0.15, 0.2) is 5.13 Å². The number of anilines is 1. The van der Waals surface area contributed by atoms with Gasteiger partial charge in [0.2, 0.25) is 0 Å². The zero-order chi connectivity index (χ0) is 11.0. The van der Waals surface area contributed by atoms with Crippen LogP contribution in [0, 0.1) is 0 Å². The maximum Gasteiger partial charge on any atom is 0.181 e. The number of para-hydroxylation sites is 1. The van der Waals surface area contributed by atoms with E-state index in [1.165, 1.54) is 23.1 Å². The van der Waals surface area contributed by atoms with Crippen LogP contribution in [-0.4, -0.2) is 18.1 Å². The van der Waals surface area contributed by atoms with E-state index in [0.717, 1.165) is 18.6 Å². The molecule has 5 heteroatoms. The van der Waals surface area contributed by atoms with Crippen LogP contribution in [0.3, 0.4) is 0 Å². The van der Waals surface area contributed by atoms with Crippen molar-refractivity contribution in [1.29, 1.82) is 0 Å². The van der Waals surface area contributed by atoms with E-state index in [9.17, 15) is 0 Å². The molecular formula is C12H16ClN3S. The minimum Gasteiger partial charge on any atom is -0.375 e. The quantitative estimate of drug-likeness (QED) is 0.837. The summed E-state index contributed by atoms with van der Waals surface area (Å²) in [4.78, 5) is 4.46. The van der Waals surface area contributed by atoms with Crippen LogP contribution < -0.4 is 11.1 Å². The first-order valence-electron chi connectivity index (χ1n) is 5.70. The van der Waals surface area contributed by atoms with Crippen LogP contribution in [-0.2, 0) is 0 Å². The zero-order valence-corrected chi connectivity index (χ0v) is 11.1. The topological polar surface area (TPSA) is 50.9 Å². The molecule has 2 heterocycles. The van der Waals surface area contributed by atoms with Crippen LogP contribution in [0.25, 0.3) is 10.2 Å². The summed E-state index contributed by atoms with van der Waals surface area (Å²) in [6, 6.07) is 6.43. The van der Waals surface area contributed by atoms with E-state index in [-0.39, 0.29) is 12.4 Å². The third-order valence-electron chi connectivity index (χ3n) is 3.25. The molecule has 2 aromatic rings. The van der Waals surface area contributed by atoms with Crippen LogP contribution in [0.4, 0.5) is 5.13 Å². The summed E-state index contributed by atoms with van der Waals surface area (Å²) < 4.78 is 1.22. The minimum absolute atomic E-state index is 0. The highest BCUT2D eigenvalue weighted by Gasteiger charge is 2.18. The number of nitrogens with zero attached hydrogens (tertiary/aromatic N) is 1. The summed E-state index contributed by atoms with van der Waals surface area (Å²) >= 11 is 1.58. The standard InChI is InChI=1S/C12H15N3S.ClH/c13-12-15-11-9(2-1-3-10(11)16-12)8-4-6-14-7-5-8;/h1-3,8,14H,4-7H2,(H2,13,15);1H. The van der Waals surface area contributed by atoms with Gasteiger partial charge in [-0.05, 0) is 43.5 Å². The van der Waals surface area contributed by atoms with Crippen molar-refractivity contribution in [2.75, 3.05) is 18.8 Å². The van der Waals surface area contributed by atoms with Crippen molar-refractivity contribution in [3.63, 3.8) is 0 Å². The molecule has 1 aliphatic heterocycles. The Morgan fingerprint density at radius 2 is 2.06 bits per heavy atom. The molecular weight excluding hydrogens is 254 g/mol. The van der Waals surface area contributed by atoms with Gasteiger partial charge in [-0.25, -0.2) is 4.98 Å². The van der Waals surface area contributed by atoms with Gasteiger partial charge in [0.05, 0.1) is 10.2 Å². The second-order valence-corrected chi connectivity index (χ2v) is 5.33. The summed E-state index contributed by atoms with van der Waals surface area (Å²) in [7, 11) is 0. The number of piperidine rings is 1. The highest BCUT2D eigenvalue weighted by atomic mass is 35.5. The number of nitrogen functional groups attached to an aromatic ring is 1. The molecule has 3 rings (SSSR count). The number of halogens is 1. The van der Waals surface area contributed by atoms with Crippen LogP contribution in [0.1, 0.15) is 24.3 Å². The number of nitrogens with two attached hydrogens (primary N) is 1. The molecule has 0 amide bonds. The lowest BCUT2D eigenvalue weighted by molar-refractivity contribution is 0.462. The Morgan fingerprint density at radius 3 is 2.82 bits per heavy atom. The molecule has 1 saturated heterocycles. The zero-order valence-electron chi connectivity index (χ0n) is 9.48. The maximum absolute atomic E-state index is 5.78. The molecule has 0 aliphatic carbocycles. The Morgan fingerprint density at radius 1 is 1.29 bits per heavy atom. The van der Waals surface area contributed by atoms with Gasteiger partial charge in [-0.15, -0.1) is 12.4 Å². The Hall–Kier alpha value is -0.840. The Labute approximate surface area is 111 Å². The number of benzene rings is 1. The summed E-state index contributed by atoms with van der Waals surface area (Å²) in [5.74, 6) is 0.645. The molecule has 3 N–H and O–H groups in total. The maximum atomic E-state index is 5.78. The lowest BCUT2D eigenvalue weighted by Crippen LogP contribution is -2.26. The summed E-state index contributed by atoms with van der Waals surface area (Å²) in [6.45, 7) is 2.22. The van der Waals surface area contributed by atoms with Crippen molar-refractivity contribution in [3.05, 3.63) is 23.8 Å². The predicted molar refractivity (Wildman–Crippen MR) is 76.1 cm³/mol. The molecule has 0 unspecified atom stereocenters. The monoisotopic (exact) mass is 269 g/mol. The molecule has 0 spiro atoms. The van der Waals surface area contributed by atoms with Crippen LogP contribution in [0.15, 0.2) is 18.2 Å². The largest absolute Gasteiger partial charge is 0.375 e. The Balaban J connectivity index is 0.00000108. The highest BCUT2D eigenvalue weighted by molar-refractivity contribution is 7.22. The van der Waals surface area contributed by atoms with Gasteiger partial charge in [0, 0.05) is 0 Å². The number of nitrogens with one attached hydrogen (secondary N) is 1. The number of aromatic nitrogens is 1. The molecule has 17 heavy (non-hydrogen) atoms. The molecule has 0 radical (unpaired) electrons.